The van der Waals surface area contributed by atoms with Gasteiger partial charge in [0.15, 0.2) is 11.8 Å². The molecule has 0 spiro atoms. The molecule has 7 atom stereocenters. The van der Waals surface area contributed by atoms with E-state index in [1.54, 1.807) is 58.0 Å². The average Bonchev–Trinajstić information content (AvgIpc) is 3.07. The summed E-state index contributed by atoms with van der Waals surface area (Å²) < 4.78 is 22.7. The van der Waals surface area contributed by atoms with Crippen LogP contribution >= 0.6 is 0 Å². The molecule has 0 radical (unpaired) electrons. The highest BCUT2D eigenvalue weighted by molar-refractivity contribution is 6.01. The van der Waals surface area contributed by atoms with Crippen LogP contribution in [0.5, 0.6) is 5.75 Å². The highest BCUT2D eigenvalue weighted by atomic mass is 16.6. The molecule has 1 heterocycles. The molecule has 1 saturated heterocycles. The first-order valence-electron chi connectivity index (χ1n) is 16.4. The maximum absolute atomic E-state index is 13.8. The van der Waals surface area contributed by atoms with Crippen LogP contribution in [0.25, 0.3) is 0 Å². The van der Waals surface area contributed by atoms with E-state index in [-0.39, 0.29) is 17.7 Å². The standard InChI is InChI=1S/C36H46N2O12/c1-8-20(4)29-34(45)47-21(5)26(38-31(42)23-15-12-16-24(27(23)40)37-18-39)32(43)49-28(19(2)3)33(44)48-25(17-22-13-10-9-11-14-22)30(41)36(6,7)35(46)50-29/h9-16,18-21,25-26,28-30,40-41H,8,17H2,1-7H3,(H,37,39)(H,38,42)/t20-,21+,25?,26-,28-,29+,30+/m0/s1. The number of amides is 2. The molecule has 1 aliphatic heterocycles. The third-order valence-electron chi connectivity index (χ3n) is 8.68. The van der Waals surface area contributed by atoms with E-state index in [1.165, 1.54) is 39.0 Å². The van der Waals surface area contributed by atoms with E-state index in [0.717, 1.165) is 0 Å². The van der Waals surface area contributed by atoms with Crippen LogP contribution in [0.15, 0.2) is 48.5 Å². The average molecular weight is 699 g/mol. The number of phenolic OH excluding ortho intramolecular Hbond substituents is 1. The summed E-state index contributed by atoms with van der Waals surface area (Å²) in [5, 5.41) is 26.9. The first-order chi connectivity index (χ1) is 23.5. The highest BCUT2D eigenvalue weighted by Gasteiger charge is 2.47. The number of cyclic esters (lactones) is 4. The quantitative estimate of drug-likeness (QED) is 0.129. The Labute approximate surface area is 290 Å². The van der Waals surface area contributed by atoms with Crippen LogP contribution in [0.4, 0.5) is 5.69 Å². The fourth-order valence-electron chi connectivity index (χ4n) is 5.21. The van der Waals surface area contributed by atoms with E-state index in [9.17, 15) is 39.0 Å². The number of carbonyl (C=O) groups is 6. The zero-order chi connectivity index (χ0) is 37.3. The molecule has 2 aromatic rings. The fourth-order valence-corrected chi connectivity index (χ4v) is 5.21. The Balaban J connectivity index is 2.12. The first-order valence-corrected chi connectivity index (χ1v) is 16.4. The molecule has 14 nitrogen and oxygen atoms in total. The van der Waals surface area contributed by atoms with Gasteiger partial charge in [0.25, 0.3) is 5.91 Å². The topological polar surface area (TPSA) is 204 Å². The molecule has 0 aliphatic carbocycles. The monoisotopic (exact) mass is 698 g/mol. The smallest absolute Gasteiger partial charge is 0.348 e. The van der Waals surface area contributed by atoms with Gasteiger partial charge in [-0.1, -0.05) is 64.1 Å². The van der Waals surface area contributed by atoms with E-state index in [1.807, 2.05) is 0 Å². The van der Waals surface area contributed by atoms with Crippen molar-refractivity contribution in [1.82, 2.24) is 5.32 Å². The van der Waals surface area contributed by atoms with Crippen LogP contribution in [0.2, 0.25) is 0 Å². The molecular weight excluding hydrogens is 652 g/mol. The number of phenols is 1. The van der Waals surface area contributed by atoms with Crippen molar-refractivity contribution in [3.8, 4) is 5.75 Å². The van der Waals surface area contributed by atoms with Crippen molar-refractivity contribution in [2.75, 3.05) is 5.32 Å². The zero-order valence-electron chi connectivity index (χ0n) is 29.2. The molecule has 0 aromatic heterocycles. The molecule has 3 rings (SSSR count). The molecule has 0 bridgehead atoms. The van der Waals surface area contributed by atoms with Gasteiger partial charge in [0.05, 0.1) is 16.7 Å². The maximum atomic E-state index is 13.8. The van der Waals surface area contributed by atoms with E-state index < -0.39 is 89.3 Å². The lowest BCUT2D eigenvalue weighted by molar-refractivity contribution is -0.190. The summed E-state index contributed by atoms with van der Waals surface area (Å²) in [4.78, 5) is 79.3. The molecule has 1 fully saturated rings. The molecule has 0 saturated carbocycles. The minimum Gasteiger partial charge on any atom is -0.505 e. The van der Waals surface area contributed by atoms with Crippen molar-refractivity contribution in [1.29, 1.82) is 0 Å². The van der Waals surface area contributed by atoms with Crippen molar-refractivity contribution < 1.29 is 57.9 Å². The van der Waals surface area contributed by atoms with Crippen LogP contribution < -0.4 is 10.6 Å². The predicted molar refractivity (Wildman–Crippen MR) is 178 cm³/mol. The van der Waals surface area contributed by atoms with Crippen LogP contribution in [0, 0.1) is 17.3 Å². The van der Waals surface area contributed by atoms with Crippen molar-refractivity contribution in [2.24, 2.45) is 17.3 Å². The largest absolute Gasteiger partial charge is 0.505 e. The number of carbonyl (C=O) groups excluding carboxylic acids is 6. The predicted octanol–water partition coefficient (Wildman–Crippen LogP) is 3.07. The number of aliphatic hydroxyl groups excluding tert-OH is 1. The number of hydrogen-bond donors (Lipinski definition) is 4. The summed E-state index contributed by atoms with van der Waals surface area (Å²) in [5.41, 5.74) is -1.48. The lowest BCUT2D eigenvalue weighted by atomic mass is 9.81. The number of anilines is 1. The Bertz CT molecular complexity index is 1540. The minimum absolute atomic E-state index is 0.0305. The lowest BCUT2D eigenvalue weighted by Gasteiger charge is -2.35. The van der Waals surface area contributed by atoms with Crippen molar-refractivity contribution in [3.05, 3.63) is 59.7 Å². The van der Waals surface area contributed by atoms with Crippen LogP contribution in [0.1, 0.15) is 70.8 Å². The number of aliphatic hydroxyl groups is 1. The second-order valence-corrected chi connectivity index (χ2v) is 13.2. The van der Waals surface area contributed by atoms with Gasteiger partial charge >= 0.3 is 23.9 Å². The Hall–Kier alpha value is -4.98. The summed E-state index contributed by atoms with van der Waals surface area (Å²) in [5.74, 6) is -7.13. The Morgan fingerprint density at radius 1 is 0.900 bits per heavy atom. The second kappa shape index (κ2) is 17.1. The Morgan fingerprint density at radius 2 is 1.54 bits per heavy atom. The van der Waals surface area contributed by atoms with Crippen LogP contribution in [0.3, 0.4) is 0 Å². The number of nitrogens with one attached hydrogen (secondary N) is 2. The van der Waals surface area contributed by atoms with Crippen molar-refractivity contribution in [3.63, 3.8) is 0 Å². The van der Waals surface area contributed by atoms with Crippen molar-refractivity contribution >= 4 is 41.9 Å². The second-order valence-electron chi connectivity index (χ2n) is 13.2. The molecule has 2 amide bonds. The van der Waals surface area contributed by atoms with E-state index in [2.05, 4.69) is 10.6 Å². The number of rotatable bonds is 9. The maximum Gasteiger partial charge on any atom is 0.348 e. The van der Waals surface area contributed by atoms with Gasteiger partial charge in [-0.05, 0) is 44.9 Å². The van der Waals surface area contributed by atoms with Gasteiger partial charge in [0, 0.05) is 18.3 Å². The molecule has 50 heavy (non-hydrogen) atoms. The van der Waals surface area contributed by atoms with E-state index in [0.29, 0.717) is 18.4 Å². The lowest BCUT2D eigenvalue weighted by Crippen LogP contribution is -2.52. The molecule has 272 valence electrons. The summed E-state index contributed by atoms with van der Waals surface area (Å²) in [6.07, 6.45) is -6.89. The molecule has 2 aromatic carbocycles. The van der Waals surface area contributed by atoms with E-state index in [4.69, 9.17) is 18.9 Å². The number of hydrogen-bond acceptors (Lipinski definition) is 12. The van der Waals surface area contributed by atoms with Gasteiger partial charge in [-0.15, -0.1) is 0 Å². The fraction of sp³-hybridized carbons (Fsp3) is 0.500. The summed E-state index contributed by atoms with van der Waals surface area (Å²) >= 11 is 0. The third-order valence-corrected chi connectivity index (χ3v) is 8.68. The molecule has 14 heteroatoms. The SMILES string of the molecule is CC[C@H](C)[C@H]1OC(=O)C(C)(C)[C@H](O)C(Cc2ccccc2)OC(=O)[C@H](C(C)C)OC(=O)[C@@H](NC(=O)c2cccc(NC=O)c2O)[C@@H](C)OC1=O. The number of benzene rings is 2. The van der Waals surface area contributed by atoms with Crippen LogP contribution in [-0.2, 0) is 49.3 Å². The molecule has 1 aliphatic rings. The molecular formula is C36H46N2O12. The third kappa shape index (κ3) is 9.37. The van der Waals surface area contributed by atoms with Gasteiger partial charge in [-0.2, -0.15) is 0 Å². The summed E-state index contributed by atoms with van der Waals surface area (Å²) in [6, 6.07) is 10.9. The van der Waals surface area contributed by atoms with Gasteiger partial charge in [-0.3, -0.25) is 14.4 Å². The normalized spacial score (nSPS) is 25.5. The summed E-state index contributed by atoms with van der Waals surface area (Å²) in [7, 11) is 0. The summed E-state index contributed by atoms with van der Waals surface area (Å²) in [6.45, 7) is 10.6. The minimum atomic E-state index is -1.76. The van der Waals surface area contributed by atoms with Gasteiger partial charge in [0.1, 0.15) is 18.3 Å². The van der Waals surface area contributed by atoms with Crippen molar-refractivity contribution in [2.45, 2.75) is 97.9 Å². The first kappa shape index (κ1) is 39.5. The van der Waals surface area contributed by atoms with E-state index >= 15 is 0 Å². The highest BCUT2D eigenvalue weighted by Crippen LogP contribution is 2.32. The number of esters is 4. The molecule has 1 unspecified atom stereocenters. The number of aromatic hydroxyl groups is 1. The van der Waals surface area contributed by atoms with Crippen LogP contribution in [-0.4, -0.2) is 83.0 Å². The van der Waals surface area contributed by atoms with Gasteiger partial charge in [0.2, 0.25) is 18.6 Å². The number of ether oxygens (including phenoxy) is 4. The Morgan fingerprint density at radius 3 is 2.14 bits per heavy atom. The zero-order valence-corrected chi connectivity index (χ0v) is 29.2. The molecule has 4 N–H and O–H groups in total. The van der Waals surface area contributed by atoms with Gasteiger partial charge < -0.3 is 39.8 Å². The Kier molecular flexibility index (Phi) is 13.5. The van der Waals surface area contributed by atoms with Gasteiger partial charge in [-0.25, -0.2) is 14.4 Å². The number of para-hydroxylation sites is 1.